The first-order valence-electron chi connectivity index (χ1n) is 6.62. The van der Waals surface area contributed by atoms with Gasteiger partial charge in [0, 0.05) is 19.1 Å². The van der Waals surface area contributed by atoms with E-state index in [4.69, 9.17) is 0 Å². The Morgan fingerprint density at radius 3 is 3.00 bits per heavy atom. The van der Waals surface area contributed by atoms with Gasteiger partial charge in [0.25, 0.3) is 5.56 Å². The number of fused-ring (bicyclic) bond motifs is 1. The van der Waals surface area contributed by atoms with E-state index in [1.807, 2.05) is 11.5 Å². The monoisotopic (exact) mass is 263 g/mol. The van der Waals surface area contributed by atoms with Crippen LogP contribution in [0, 0.1) is 0 Å². The van der Waals surface area contributed by atoms with Crippen LogP contribution in [0.1, 0.15) is 25.8 Å². The molecule has 3 heterocycles. The zero-order valence-electron chi connectivity index (χ0n) is 10.8. The van der Waals surface area contributed by atoms with Gasteiger partial charge in [-0.15, -0.1) is 0 Å². The van der Waals surface area contributed by atoms with Crippen LogP contribution < -0.4 is 16.6 Å². The zero-order valence-corrected chi connectivity index (χ0v) is 10.8. The minimum Gasteiger partial charge on any atom is -0.320 e. The number of imidazole rings is 1. The van der Waals surface area contributed by atoms with Crippen molar-refractivity contribution in [1.82, 2.24) is 24.4 Å². The van der Waals surface area contributed by atoms with E-state index in [9.17, 15) is 9.59 Å². The molecule has 1 saturated heterocycles. The highest BCUT2D eigenvalue weighted by Crippen LogP contribution is 2.18. The molecule has 0 aromatic carbocycles. The molecule has 19 heavy (non-hydrogen) atoms. The van der Waals surface area contributed by atoms with Gasteiger partial charge in [0.15, 0.2) is 11.2 Å². The highest BCUT2D eigenvalue weighted by molar-refractivity contribution is 5.70. The van der Waals surface area contributed by atoms with Crippen LogP contribution in [-0.2, 0) is 6.54 Å². The van der Waals surface area contributed by atoms with Crippen LogP contribution in [0.3, 0.4) is 0 Å². The quantitative estimate of drug-likeness (QED) is 0.805. The van der Waals surface area contributed by atoms with Gasteiger partial charge in [0.05, 0.1) is 6.33 Å². The maximum Gasteiger partial charge on any atom is 0.330 e. The summed E-state index contributed by atoms with van der Waals surface area (Å²) in [5.74, 6) is 0. The number of aromatic nitrogens is 4. The zero-order chi connectivity index (χ0) is 13.4. The Morgan fingerprint density at radius 2 is 2.32 bits per heavy atom. The van der Waals surface area contributed by atoms with E-state index in [0.717, 1.165) is 25.9 Å². The SMILES string of the molecule is CCCn1c(=O)[nH]c(=O)c2c1ncn2C1CCNC1. The third kappa shape index (κ3) is 1.90. The van der Waals surface area contributed by atoms with E-state index in [1.165, 1.54) is 4.57 Å². The second kappa shape index (κ2) is 4.65. The molecule has 0 spiro atoms. The molecule has 1 aliphatic heterocycles. The summed E-state index contributed by atoms with van der Waals surface area (Å²) in [7, 11) is 0. The smallest absolute Gasteiger partial charge is 0.320 e. The first-order chi connectivity index (χ1) is 9.22. The molecular weight excluding hydrogens is 246 g/mol. The van der Waals surface area contributed by atoms with E-state index in [-0.39, 0.29) is 17.3 Å². The van der Waals surface area contributed by atoms with Crippen molar-refractivity contribution in [3.05, 3.63) is 27.2 Å². The Bertz CT molecular complexity index is 705. The summed E-state index contributed by atoms with van der Waals surface area (Å²) < 4.78 is 3.43. The minimum atomic E-state index is -0.380. The van der Waals surface area contributed by atoms with Crippen LogP contribution in [0.2, 0.25) is 0 Å². The van der Waals surface area contributed by atoms with Gasteiger partial charge in [-0.05, 0) is 19.4 Å². The predicted octanol–water partition coefficient (Wildman–Crippen LogP) is -0.169. The molecule has 1 unspecified atom stereocenters. The average molecular weight is 263 g/mol. The Labute approximate surface area is 109 Å². The summed E-state index contributed by atoms with van der Waals surface area (Å²) in [4.78, 5) is 30.5. The molecule has 102 valence electrons. The van der Waals surface area contributed by atoms with Gasteiger partial charge >= 0.3 is 5.69 Å². The molecule has 1 atom stereocenters. The molecule has 2 aromatic heterocycles. The topological polar surface area (TPSA) is 84.7 Å². The third-order valence-electron chi connectivity index (χ3n) is 3.59. The van der Waals surface area contributed by atoms with Crippen molar-refractivity contribution in [2.45, 2.75) is 32.4 Å². The predicted molar refractivity (Wildman–Crippen MR) is 71.4 cm³/mol. The van der Waals surface area contributed by atoms with Gasteiger partial charge < -0.3 is 9.88 Å². The van der Waals surface area contributed by atoms with Crippen molar-refractivity contribution in [3.63, 3.8) is 0 Å². The summed E-state index contributed by atoms with van der Waals surface area (Å²) in [6.07, 6.45) is 3.46. The lowest BCUT2D eigenvalue weighted by Gasteiger charge is -2.11. The van der Waals surface area contributed by atoms with E-state index in [0.29, 0.717) is 17.7 Å². The van der Waals surface area contributed by atoms with Gasteiger partial charge in [-0.2, -0.15) is 0 Å². The standard InChI is InChI=1S/C12H17N5O2/c1-2-5-16-10-9(11(18)15-12(16)19)17(7-14-10)8-3-4-13-6-8/h7-8,13H,2-6H2,1H3,(H,15,18,19). The van der Waals surface area contributed by atoms with Gasteiger partial charge in [0.1, 0.15) is 0 Å². The number of aromatic amines is 1. The van der Waals surface area contributed by atoms with Crippen molar-refractivity contribution < 1.29 is 0 Å². The van der Waals surface area contributed by atoms with E-state index >= 15 is 0 Å². The molecule has 1 aliphatic rings. The molecule has 0 amide bonds. The number of nitrogens with one attached hydrogen (secondary N) is 2. The molecular formula is C12H17N5O2. The van der Waals surface area contributed by atoms with Crippen LogP contribution in [0.5, 0.6) is 0 Å². The molecule has 7 nitrogen and oxygen atoms in total. The summed E-state index contributed by atoms with van der Waals surface area (Å²) in [5.41, 5.74) is 0.259. The van der Waals surface area contributed by atoms with Crippen molar-refractivity contribution in [1.29, 1.82) is 0 Å². The number of hydrogen-bond acceptors (Lipinski definition) is 4. The molecule has 0 radical (unpaired) electrons. The van der Waals surface area contributed by atoms with E-state index in [1.54, 1.807) is 6.33 Å². The molecule has 0 bridgehead atoms. The number of hydrogen-bond donors (Lipinski definition) is 2. The minimum absolute atomic E-state index is 0.235. The first kappa shape index (κ1) is 12.2. The molecule has 1 fully saturated rings. The first-order valence-corrected chi connectivity index (χ1v) is 6.62. The fourth-order valence-electron chi connectivity index (χ4n) is 2.67. The number of nitrogens with zero attached hydrogens (tertiary/aromatic N) is 3. The van der Waals surface area contributed by atoms with Gasteiger partial charge in [-0.3, -0.25) is 14.3 Å². The second-order valence-corrected chi connectivity index (χ2v) is 4.88. The van der Waals surface area contributed by atoms with Crippen molar-refractivity contribution in [3.8, 4) is 0 Å². The Balaban J connectivity index is 2.24. The fraction of sp³-hybridized carbons (Fsp3) is 0.583. The molecule has 0 aliphatic carbocycles. The normalized spacial score (nSPS) is 19.3. The average Bonchev–Trinajstić information content (AvgIpc) is 3.02. The maximum absolute atomic E-state index is 12.0. The molecule has 2 aromatic rings. The molecule has 0 saturated carbocycles. The Hall–Kier alpha value is -1.89. The lowest BCUT2D eigenvalue weighted by atomic mass is 10.2. The summed E-state index contributed by atoms with van der Waals surface area (Å²) in [6.45, 7) is 4.32. The third-order valence-corrected chi connectivity index (χ3v) is 3.59. The number of aryl methyl sites for hydroxylation is 1. The lowest BCUT2D eigenvalue weighted by Crippen LogP contribution is -2.31. The van der Waals surface area contributed by atoms with Crippen molar-refractivity contribution in [2.24, 2.45) is 0 Å². The molecule has 2 N–H and O–H groups in total. The van der Waals surface area contributed by atoms with Crippen LogP contribution in [0.4, 0.5) is 0 Å². The van der Waals surface area contributed by atoms with E-state index < -0.39 is 0 Å². The second-order valence-electron chi connectivity index (χ2n) is 4.88. The van der Waals surface area contributed by atoms with Gasteiger partial charge in [-0.1, -0.05) is 6.92 Å². The number of rotatable bonds is 3. The van der Waals surface area contributed by atoms with Crippen molar-refractivity contribution in [2.75, 3.05) is 13.1 Å². The van der Waals surface area contributed by atoms with Crippen LogP contribution in [0.25, 0.3) is 11.2 Å². The lowest BCUT2D eigenvalue weighted by molar-refractivity contribution is 0.559. The Morgan fingerprint density at radius 1 is 1.47 bits per heavy atom. The number of H-pyrrole nitrogens is 1. The highest BCUT2D eigenvalue weighted by atomic mass is 16.2. The largest absolute Gasteiger partial charge is 0.330 e. The molecule has 3 rings (SSSR count). The maximum atomic E-state index is 12.0. The van der Waals surface area contributed by atoms with E-state index in [2.05, 4.69) is 15.3 Å². The van der Waals surface area contributed by atoms with Crippen LogP contribution in [0.15, 0.2) is 15.9 Å². The Kier molecular flexibility index (Phi) is 2.98. The highest BCUT2D eigenvalue weighted by Gasteiger charge is 2.21. The van der Waals surface area contributed by atoms with Gasteiger partial charge in [0.2, 0.25) is 0 Å². The van der Waals surface area contributed by atoms with Crippen molar-refractivity contribution >= 4 is 11.2 Å². The van der Waals surface area contributed by atoms with Gasteiger partial charge in [-0.25, -0.2) is 9.78 Å². The fourth-order valence-corrected chi connectivity index (χ4v) is 2.67. The van der Waals surface area contributed by atoms with Crippen LogP contribution in [-0.4, -0.2) is 32.2 Å². The van der Waals surface area contributed by atoms with Crippen LogP contribution >= 0.6 is 0 Å². The summed E-state index contributed by atoms with van der Waals surface area (Å²) >= 11 is 0. The summed E-state index contributed by atoms with van der Waals surface area (Å²) in [6, 6.07) is 0.235. The summed E-state index contributed by atoms with van der Waals surface area (Å²) in [5, 5.41) is 3.27. The molecule has 7 heteroatoms.